The van der Waals surface area contributed by atoms with E-state index in [1.807, 2.05) is 25.1 Å². The van der Waals surface area contributed by atoms with Gasteiger partial charge in [0.25, 0.3) is 0 Å². The molecule has 0 atom stereocenters. The molecule has 0 bridgehead atoms. The van der Waals surface area contributed by atoms with Gasteiger partial charge in [-0.1, -0.05) is 42.0 Å². The third kappa shape index (κ3) is 6.39. The van der Waals surface area contributed by atoms with Crippen molar-refractivity contribution in [2.45, 2.75) is 31.3 Å². The first kappa shape index (κ1) is 21.5. The van der Waals surface area contributed by atoms with E-state index in [0.717, 1.165) is 44.0 Å². The summed E-state index contributed by atoms with van der Waals surface area (Å²) < 4.78 is 30.2. The number of morpholine rings is 1. The Morgan fingerprint density at radius 3 is 2.38 bits per heavy atom. The van der Waals surface area contributed by atoms with E-state index < -0.39 is 9.84 Å². The lowest BCUT2D eigenvalue weighted by Gasteiger charge is -2.27. The SMILES string of the molecule is Cc1ccc(S(=O)(=O)CCC(=O)NCc2ccccc2CN2CCOCC2)cc1. The Bertz CT molecular complexity index is 920. The third-order valence-electron chi connectivity index (χ3n) is 5.07. The molecule has 1 amide bonds. The van der Waals surface area contributed by atoms with Gasteiger partial charge in [-0.25, -0.2) is 8.42 Å². The van der Waals surface area contributed by atoms with Crippen LogP contribution in [0.2, 0.25) is 0 Å². The molecule has 1 heterocycles. The number of hydrogen-bond acceptors (Lipinski definition) is 5. The van der Waals surface area contributed by atoms with Gasteiger partial charge in [0.1, 0.15) is 0 Å². The lowest BCUT2D eigenvalue weighted by Crippen LogP contribution is -2.36. The van der Waals surface area contributed by atoms with Gasteiger partial charge in [0, 0.05) is 32.6 Å². The van der Waals surface area contributed by atoms with E-state index in [1.165, 1.54) is 5.56 Å². The standard InChI is InChI=1S/C22H28N2O4S/c1-18-6-8-21(9-7-18)29(26,27)15-10-22(25)23-16-19-4-2-3-5-20(19)17-24-11-13-28-14-12-24/h2-9H,10-17H2,1H3,(H,23,25). The van der Waals surface area contributed by atoms with Crippen LogP contribution < -0.4 is 5.32 Å². The van der Waals surface area contributed by atoms with Crippen molar-refractivity contribution >= 4 is 15.7 Å². The van der Waals surface area contributed by atoms with Crippen LogP contribution in [0.15, 0.2) is 53.4 Å². The van der Waals surface area contributed by atoms with Crippen molar-refractivity contribution in [2.75, 3.05) is 32.1 Å². The molecule has 1 aliphatic heterocycles. The molecular weight excluding hydrogens is 388 g/mol. The second-order valence-electron chi connectivity index (χ2n) is 7.32. The molecule has 1 saturated heterocycles. The van der Waals surface area contributed by atoms with Gasteiger partial charge in [-0.05, 0) is 30.2 Å². The average Bonchev–Trinajstić information content (AvgIpc) is 2.73. The van der Waals surface area contributed by atoms with Gasteiger partial charge in [0.05, 0.1) is 23.9 Å². The number of nitrogens with zero attached hydrogens (tertiary/aromatic N) is 1. The van der Waals surface area contributed by atoms with Crippen LogP contribution in [0.4, 0.5) is 0 Å². The number of nitrogens with one attached hydrogen (secondary N) is 1. The van der Waals surface area contributed by atoms with Crippen molar-refractivity contribution in [3.8, 4) is 0 Å². The topological polar surface area (TPSA) is 75.7 Å². The molecule has 0 saturated carbocycles. The van der Waals surface area contributed by atoms with Crippen molar-refractivity contribution in [1.29, 1.82) is 0 Å². The summed E-state index contributed by atoms with van der Waals surface area (Å²) in [5, 5.41) is 2.86. The molecule has 0 spiro atoms. The van der Waals surface area contributed by atoms with E-state index in [9.17, 15) is 13.2 Å². The molecule has 7 heteroatoms. The Morgan fingerprint density at radius 2 is 1.69 bits per heavy atom. The Kier molecular flexibility index (Phi) is 7.41. The average molecular weight is 417 g/mol. The number of carbonyl (C=O) groups excluding carboxylic acids is 1. The molecule has 2 aromatic carbocycles. The van der Waals surface area contributed by atoms with Crippen LogP contribution in [0.5, 0.6) is 0 Å². The zero-order valence-corrected chi connectivity index (χ0v) is 17.6. The minimum atomic E-state index is -3.46. The summed E-state index contributed by atoms with van der Waals surface area (Å²) in [6.07, 6.45) is -0.0537. The highest BCUT2D eigenvalue weighted by Gasteiger charge is 2.17. The van der Waals surface area contributed by atoms with Gasteiger partial charge >= 0.3 is 0 Å². The molecule has 156 valence electrons. The van der Waals surface area contributed by atoms with Gasteiger partial charge in [-0.15, -0.1) is 0 Å². The molecule has 2 aromatic rings. The normalized spacial score (nSPS) is 15.2. The third-order valence-corrected chi connectivity index (χ3v) is 6.80. The zero-order chi connectivity index (χ0) is 20.7. The van der Waals surface area contributed by atoms with Crippen LogP contribution >= 0.6 is 0 Å². The molecule has 1 aliphatic rings. The Balaban J connectivity index is 1.52. The summed E-state index contributed by atoms with van der Waals surface area (Å²) in [6.45, 7) is 6.40. The number of hydrogen-bond donors (Lipinski definition) is 1. The van der Waals surface area contributed by atoms with Crippen molar-refractivity contribution < 1.29 is 17.9 Å². The van der Waals surface area contributed by atoms with E-state index in [1.54, 1.807) is 24.3 Å². The molecule has 1 N–H and O–H groups in total. The molecule has 0 aliphatic carbocycles. The van der Waals surface area contributed by atoms with E-state index in [2.05, 4.69) is 16.3 Å². The maximum Gasteiger partial charge on any atom is 0.221 e. The van der Waals surface area contributed by atoms with E-state index in [0.29, 0.717) is 6.54 Å². The monoisotopic (exact) mass is 416 g/mol. The van der Waals surface area contributed by atoms with Gasteiger partial charge < -0.3 is 10.1 Å². The second kappa shape index (κ2) is 10.0. The molecule has 3 rings (SSSR count). The Morgan fingerprint density at radius 1 is 1.03 bits per heavy atom. The largest absolute Gasteiger partial charge is 0.379 e. The fourth-order valence-electron chi connectivity index (χ4n) is 3.26. The minimum Gasteiger partial charge on any atom is -0.379 e. The summed E-state index contributed by atoms with van der Waals surface area (Å²) in [5.41, 5.74) is 3.22. The zero-order valence-electron chi connectivity index (χ0n) is 16.8. The highest BCUT2D eigenvalue weighted by molar-refractivity contribution is 7.91. The van der Waals surface area contributed by atoms with Crippen LogP contribution in [0.3, 0.4) is 0 Å². The predicted molar refractivity (Wildman–Crippen MR) is 112 cm³/mol. The highest BCUT2D eigenvalue weighted by atomic mass is 32.2. The maximum absolute atomic E-state index is 12.4. The summed E-state index contributed by atoms with van der Waals surface area (Å²) in [7, 11) is -3.46. The molecule has 6 nitrogen and oxygen atoms in total. The van der Waals surface area contributed by atoms with E-state index >= 15 is 0 Å². The van der Waals surface area contributed by atoms with Crippen molar-refractivity contribution in [1.82, 2.24) is 10.2 Å². The molecule has 0 radical (unpaired) electrons. The number of amides is 1. The Labute approximate surface area is 172 Å². The number of sulfone groups is 1. The first-order valence-electron chi connectivity index (χ1n) is 9.87. The summed E-state index contributed by atoms with van der Waals surface area (Å²) in [6, 6.07) is 14.7. The molecule has 29 heavy (non-hydrogen) atoms. The van der Waals surface area contributed by atoms with Gasteiger partial charge in [0.15, 0.2) is 9.84 Å². The summed E-state index contributed by atoms with van der Waals surface area (Å²) in [5.74, 6) is -0.459. The van der Waals surface area contributed by atoms with Gasteiger partial charge in [0.2, 0.25) is 5.91 Å². The fourth-order valence-corrected chi connectivity index (χ4v) is 4.50. The van der Waals surface area contributed by atoms with Crippen LogP contribution in [0.1, 0.15) is 23.1 Å². The number of rotatable bonds is 8. The van der Waals surface area contributed by atoms with Crippen molar-refractivity contribution in [3.05, 3.63) is 65.2 Å². The highest BCUT2D eigenvalue weighted by Crippen LogP contribution is 2.14. The first-order valence-corrected chi connectivity index (χ1v) is 11.5. The number of aryl methyl sites for hydroxylation is 1. The number of ether oxygens (including phenoxy) is 1. The summed E-state index contributed by atoms with van der Waals surface area (Å²) in [4.78, 5) is 14.8. The van der Waals surface area contributed by atoms with Crippen LogP contribution in [0.25, 0.3) is 0 Å². The smallest absolute Gasteiger partial charge is 0.221 e. The molecule has 1 fully saturated rings. The predicted octanol–water partition coefficient (Wildman–Crippen LogP) is 2.31. The Hall–Kier alpha value is -2.22. The van der Waals surface area contributed by atoms with E-state index in [-0.39, 0.29) is 23.0 Å². The lowest BCUT2D eigenvalue weighted by molar-refractivity contribution is -0.120. The lowest BCUT2D eigenvalue weighted by atomic mass is 10.1. The fraction of sp³-hybridized carbons (Fsp3) is 0.409. The van der Waals surface area contributed by atoms with Crippen LogP contribution in [0, 0.1) is 6.92 Å². The van der Waals surface area contributed by atoms with Gasteiger partial charge in [-0.2, -0.15) is 0 Å². The van der Waals surface area contributed by atoms with Crippen LogP contribution in [-0.4, -0.2) is 51.3 Å². The summed E-state index contributed by atoms with van der Waals surface area (Å²) >= 11 is 0. The molecular formula is C22H28N2O4S. The number of benzene rings is 2. The quantitative estimate of drug-likeness (QED) is 0.715. The van der Waals surface area contributed by atoms with Gasteiger partial charge in [-0.3, -0.25) is 9.69 Å². The maximum atomic E-state index is 12.4. The second-order valence-corrected chi connectivity index (χ2v) is 9.43. The minimum absolute atomic E-state index is 0.0537. The number of carbonyl (C=O) groups is 1. The van der Waals surface area contributed by atoms with E-state index in [4.69, 9.17) is 4.74 Å². The van der Waals surface area contributed by atoms with Crippen molar-refractivity contribution in [3.63, 3.8) is 0 Å². The van der Waals surface area contributed by atoms with Crippen LogP contribution in [-0.2, 0) is 32.5 Å². The molecule has 0 aromatic heterocycles. The molecule has 0 unspecified atom stereocenters. The first-order chi connectivity index (χ1) is 13.9. The van der Waals surface area contributed by atoms with Crippen molar-refractivity contribution in [2.24, 2.45) is 0 Å².